The van der Waals surface area contributed by atoms with E-state index < -0.39 is 11.6 Å². The van der Waals surface area contributed by atoms with Crippen molar-refractivity contribution in [1.82, 2.24) is 0 Å². The average Bonchev–Trinajstić information content (AvgIpc) is 2.31. The van der Waals surface area contributed by atoms with Gasteiger partial charge in [0.05, 0.1) is 0 Å². The molecular formula is C9H12O3S. The summed E-state index contributed by atoms with van der Waals surface area (Å²) in [6, 6.07) is 3.03. The van der Waals surface area contributed by atoms with E-state index in [1.54, 1.807) is 26.8 Å². The van der Waals surface area contributed by atoms with E-state index in [4.69, 9.17) is 9.84 Å². The van der Waals surface area contributed by atoms with Crippen LogP contribution in [0.15, 0.2) is 12.1 Å². The Morgan fingerprint density at radius 2 is 2.08 bits per heavy atom. The fourth-order valence-electron chi connectivity index (χ4n) is 0.766. The Morgan fingerprint density at radius 3 is 2.46 bits per heavy atom. The summed E-state index contributed by atoms with van der Waals surface area (Å²) in [4.78, 5) is 11.8. The van der Waals surface area contributed by atoms with Gasteiger partial charge in [0.2, 0.25) is 0 Å². The molecule has 0 atom stereocenters. The highest BCUT2D eigenvalue weighted by Crippen LogP contribution is 2.24. The molecule has 3 nitrogen and oxygen atoms in total. The first kappa shape index (κ1) is 10.1. The van der Waals surface area contributed by atoms with Crippen LogP contribution in [0.3, 0.4) is 0 Å². The molecule has 13 heavy (non-hydrogen) atoms. The quantitative estimate of drug-likeness (QED) is 0.708. The number of hydrogen-bond donors (Lipinski definition) is 1. The summed E-state index contributed by atoms with van der Waals surface area (Å²) in [7, 11) is 0. The summed E-state index contributed by atoms with van der Waals surface area (Å²) in [6.45, 7) is 5.41. The Kier molecular flexibility index (Phi) is 2.61. The molecule has 0 spiro atoms. The number of carbonyl (C=O) groups excluding carboxylic acids is 1. The molecule has 1 heterocycles. The van der Waals surface area contributed by atoms with Crippen molar-refractivity contribution < 1.29 is 14.6 Å². The van der Waals surface area contributed by atoms with Gasteiger partial charge in [0.1, 0.15) is 10.5 Å². The SMILES string of the molecule is CC(C)(C)OC(=O)c1ccc(O)s1. The van der Waals surface area contributed by atoms with E-state index in [0.29, 0.717) is 4.88 Å². The summed E-state index contributed by atoms with van der Waals surface area (Å²) >= 11 is 1.02. The average molecular weight is 200 g/mol. The predicted molar refractivity (Wildman–Crippen MR) is 51.2 cm³/mol. The van der Waals surface area contributed by atoms with Gasteiger partial charge < -0.3 is 9.84 Å². The minimum Gasteiger partial charge on any atom is -0.499 e. The number of ether oxygens (including phenoxy) is 1. The lowest BCUT2D eigenvalue weighted by Crippen LogP contribution is -2.23. The van der Waals surface area contributed by atoms with Crippen LogP contribution in [0.1, 0.15) is 30.4 Å². The van der Waals surface area contributed by atoms with Gasteiger partial charge in [-0.25, -0.2) is 4.79 Å². The van der Waals surface area contributed by atoms with Crippen LogP contribution in [0, 0.1) is 0 Å². The van der Waals surface area contributed by atoms with Crippen molar-refractivity contribution in [1.29, 1.82) is 0 Å². The lowest BCUT2D eigenvalue weighted by Gasteiger charge is -2.18. The van der Waals surface area contributed by atoms with Gasteiger partial charge in [0, 0.05) is 0 Å². The number of aromatic hydroxyl groups is 1. The van der Waals surface area contributed by atoms with Crippen LogP contribution in [0.2, 0.25) is 0 Å². The number of esters is 1. The molecule has 0 aliphatic rings. The molecule has 72 valence electrons. The van der Waals surface area contributed by atoms with Crippen molar-refractivity contribution in [3.63, 3.8) is 0 Å². The Labute approximate surface area is 81.0 Å². The first-order valence-corrected chi connectivity index (χ1v) is 4.72. The summed E-state index contributed by atoms with van der Waals surface area (Å²) in [5.41, 5.74) is -0.489. The van der Waals surface area contributed by atoms with Crippen molar-refractivity contribution in [3.05, 3.63) is 17.0 Å². The zero-order valence-corrected chi connectivity index (χ0v) is 8.64. The third-order valence-electron chi connectivity index (χ3n) is 1.19. The molecule has 1 aromatic rings. The van der Waals surface area contributed by atoms with Crippen LogP contribution in [0.25, 0.3) is 0 Å². The first-order chi connectivity index (χ1) is 5.88. The van der Waals surface area contributed by atoms with Crippen LogP contribution >= 0.6 is 11.3 Å². The van der Waals surface area contributed by atoms with Crippen LogP contribution in [0.4, 0.5) is 0 Å². The third-order valence-corrected chi connectivity index (χ3v) is 2.06. The molecule has 1 aromatic heterocycles. The number of thiophene rings is 1. The van der Waals surface area contributed by atoms with Crippen LogP contribution in [-0.4, -0.2) is 16.7 Å². The summed E-state index contributed by atoms with van der Waals surface area (Å²) in [6.07, 6.45) is 0. The lowest BCUT2D eigenvalue weighted by molar-refractivity contribution is 0.00752. The molecule has 0 aliphatic heterocycles. The van der Waals surface area contributed by atoms with E-state index in [2.05, 4.69) is 0 Å². The van der Waals surface area contributed by atoms with Gasteiger partial charge in [0.15, 0.2) is 5.06 Å². The lowest BCUT2D eigenvalue weighted by atomic mass is 10.2. The fraction of sp³-hybridized carbons (Fsp3) is 0.444. The smallest absolute Gasteiger partial charge is 0.348 e. The van der Waals surface area contributed by atoms with E-state index in [1.165, 1.54) is 6.07 Å². The Bertz CT molecular complexity index is 309. The molecule has 0 saturated carbocycles. The molecule has 0 aromatic carbocycles. The maximum atomic E-state index is 11.4. The van der Waals surface area contributed by atoms with Gasteiger partial charge in [0.25, 0.3) is 0 Å². The van der Waals surface area contributed by atoms with E-state index in [0.717, 1.165) is 11.3 Å². The summed E-state index contributed by atoms with van der Waals surface area (Å²) in [5, 5.41) is 9.14. The number of carbonyl (C=O) groups is 1. The van der Waals surface area contributed by atoms with Crippen molar-refractivity contribution in [2.75, 3.05) is 0 Å². The molecule has 0 bridgehead atoms. The van der Waals surface area contributed by atoms with E-state index in [1.807, 2.05) is 0 Å². The van der Waals surface area contributed by atoms with Gasteiger partial charge in [-0.15, -0.1) is 0 Å². The standard InChI is InChI=1S/C9H12O3S/c1-9(2,3)12-8(11)6-4-5-7(10)13-6/h4-5,10H,1-3H3. The fourth-order valence-corrected chi connectivity index (χ4v) is 1.39. The molecule has 0 unspecified atom stereocenters. The molecule has 0 radical (unpaired) electrons. The zero-order valence-electron chi connectivity index (χ0n) is 7.83. The molecular weight excluding hydrogens is 188 g/mol. The summed E-state index contributed by atoms with van der Waals surface area (Å²) in [5.74, 6) is -0.391. The molecule has 1 rings (SSSR count). The second-order valence-electron chi connectivity index (χ2n) is 3.64. The van der Waals surface area contributed by atoms with Crippen LogP contribution in [-0.2, 0) is 4.74 Å². The second kappa shape index (κ2) is 3.38. The maximum Gasteiger partial charge on any atom is 0.348 e. The van der Waals surface area contributed by atoms with Crippen molar-refractivity contribution in [2.24, 2.45) is 0 Å². The molecule has 0 saturated heterocycles. The van der Waals surface area contributed by atoms with Crippen molar-refractivity contribution in [2.45, 2.75) is 26.4 Å². The highest BCUT2D eigenvalue weighted by molar-refractivity contribution is 7.15. The second-order valence-corrected chi connectivity index (χ2v) is 4.70. The monoisotopic (exact) mass is 200 g/mol. The number of rotatable bonds is 1. The first-order valence-electron chi connectivity index (χ1n) is 3.90. The highest BCUT2D eigenvalue weighted by Gasteiger charge is 2.18. The minimum absolute atomic E-state index is 0.126. The van der Waals surface area contributed by atoms with E-state index in [-0.39, 0.29) is 5.06 Å². The van der Waals surface area contributed by atoms with Gasteiger partial charge in [-0.3, -0.25) is 0 Å². The molecule has 0 aliphatic carbocycles. The molecule has 0 fully saturated rings. The predicted octanol–water partition coefficient (Wildman–Crippen LogP) is 2.41. The topological polar surface area (TPSA) is 46.5 Å². The van der Waals surface area contributed by atoms with Crippen molar-refractivity contribution in [3.8, 4) is 5.06 Å². The van der Waals surface area contributed by atoms with Crippen molar-refractivity contribution >= 4 is 17.3 Å². The Hall–Kier alpha value is -1.03. The van der Waals surface area contributed by atoms with Gasteiger partial charge in [-0.2, -0.15) is 0 Å². The van der Waals surface area contributed by atoms with Crippen LogP contribution in [0.5, 0.6) is 5.06 Å². The highest BCUT2D eigenvalue weighted by atomic mass is 32.1. The third kappa shape index (κ3) is 3.06. The minimum atomic E-state index is -0.489. The van der Waals surface area contributed by atoms with Gasteiger partial charge >= 0.3 is 5.97 Å². The van der Waals surface area contributed by atoms with Crippen LogP contribution < -0.4 is 0 Å². The zero-order chi connectivity index (χ0) is 10.1. The van der Waals surface area contributed by atoms with Gasteiger partial charge in [-0.1, -0.05) is 11.3 Å². The summed E-state index contributed by atoms with van der Waals surface area (Å²) < 4.78 is 5.10. The van der Waals surface area contributed by atoms with Gasteiger partial charge in [-0.05, 0) is 32.9 Å². The van der Waals surface area contributed by atoms with E-state index in [9.17, 15) is 4.79 Å². The van der Waals surface area contributed by atoms with E-state index >= 15 is 0 Å². The molecule has 0 amide bonds. The largest absolute Gasteiger partial charge is 0.499 e. The molecule has 1 N–H and O–H groups in total. The Balaban J connectivity index is 2.70. The molecule has 4 heteroatoms. The normalized spacial score (nSPS) is 11.3. The maximum absolute atomic E-state index is 11.4. The number of hydrogen-bond acceptors (Lipinski definition) is 4. The Morgan fingerprint density at radius 1 is 1.46 bits per heavy atom.